The summed E-state index contributed by atoms with van der Waals surface area (Å²) in [5.41, 5.74) is 3.80. The number of carboxylic acids is 1. The number of nitrogens with zero attached hydrogens (tertiary/aromatic N) is 5. The average molecular weight is 446 g/mol. The second-order valence-corrected chi connectivity index (χ2v) is 7.68. The van der Waals surface area contributed by atoms with Gasteiger partial charge in [0.2, 0.25) is 11.1 Å². The van der Waals surface area contributed by atoms with Crippen molar-refractivity contribution in [3.63, 3.8) is 0 Å². The number of rotatable bonds is 8. The molecule has 0 radical (unpaired) electrons. The summed E-state index contributed by atoms with van der Waals surface area (Å²) in [4.78, 5) is 27.5. The lowest BCUT2D eigenvalue weighted by molar-refractivity contribution is -0.118. The van der Waals surface area contributed by atoms with Crippen LogP contribution in [0.25, 0.3) is 16.8 Å². The number of nitrogens with one attached hydrogen (secondary N) is 1. The predicted molar refractivity (Wildman–Crippen MR) is 118 cm³/mol. The van der Waals surface area contributed by atoms with Crippen LogP contribution in [0, 0.1) is 0 Å². The van der Waals surface area contributed by atoms with E-state index in [0.29, 0.717) is 17.4 Å². The number of carbonyl (C=O) groups excluding carboxylic acids is 1. The van der Waals surface area contributed by atoms with Crippen LogP contribution in [0.5, 0.6) is 0 Å². The maximum Gasteiger partial charge on any atom is 0.335 e. The first-order chi connectivity index (χ1) is 15.6. The van der Waals surface area contributed by atoms with Gasteiger partial charge in [0.15, 0.2) is 0 Å². The predicted octanol–water partition coefficient (Wildman–Crippen LogP) is 2.83. The van der Waals surface area contributed by atoms with Crippen molar-refractivity contribution in [1.29, 1.82) is 0 Å². The summed E-state index contributed by atoms with van der Waals surface area (Å²) in [6, 6.07) is 18.0. The van der Waals surface area contributed by atoms with Gasteiger partial charge in [-0.1, -0.05) is 36.0 Å². The topological polar surface area (TPSA) is 123 Å². The summed E-state index contributed by atoms with van der Waals surface area (Å²) in [5.74, 6) is -1.03. The number of carbonyl (C=O) groups is 2. The molecule has 0 fully saturated rings. The Morgan fingerprint density at radius 1 is 1.03 bits per heavy atom. The number of carboxylic acid groups (broad SMARTS) is 1. The number of hydrogen-bond donors (Lipinski definition) is 2. The lowest BCUT2D eigenvalue weighted by Crippen LogP contribution is -2.24. The number of aromatic nitrogens is 5. The fourth-order valence-corrected chi connectivity index (χ4v) is 3.67. The molecular weight excluding hydrogens is 428 g/mol. The first kappa shape index (κ1) is 21.2. The van der Waals surface area contributed by atoms with Crippen molar-refractivity contribution in [2.45, 2.75) is 11.7 Å². The SMILES string of the molecule is O=C(CSc1nnnn1-c1ccc(C(=O)O)cc1)NCc1cccc(-c2cccnc2)c1. The zero-order chi connectivity index (χ0) is 22.3. The van der Waals surface area contributed by atoms with E-state index in [9.17, 15) is 9.59 Å². The van der Waals surface area contributed by atoms with Gasteiger partial charge >= 0.3 is 5.97 Å². The van der Waals surface area contributed by atoms with Crippen molar-refractivity contribution >= 4 is 23.6 Å². The van der Waals surface area contributed by atoms with Gasteiger partial charge in [0.05, 0.1) is 17.0 Å². The number of hydrogen-bond acceptors (Lipinski definition) is 7. The highest BCUT2D eigenvalue weighted by atomic mass is 32.2. The molecule has 160 valence electrons. The molecule has 32 heavy (non-hydrogen) atoms. The average Bonchev–Trinajstić information content (AvgIpc) is 3.31. The number of pyridine rings is 1. The Hall–Kier alpha value is -4.05. The molecule has 2 heterocycles. The van der Waals surface area contributed by atoms with Crippen molar-refractivity contribution in [3.05, 3.63) is 84.2 Å². The molecule has 10 heteroatoms. The summed E-state index contributed by atoms with van der Waals surface area (Å²) < 4.78 is 1.46. The second kappa shape index (κ2) is 9.84. The Labute approximate surface area is 187 Å². The van der Waals surface area contributed by atoms with Crippen LogP contribution < -0.4 is 5.32 Å². The van der Waals surface area contributed by atoms with Gasteiger partial charge in [0.1, 0.15) is 0 Å². The number of thioether (sulfide) groups is 1. The number of aromatic carboxylic acids is 1. The first-order valence-electron chi connectivity index (χ1n) is 9.61. The van der Waals surface area contributed by atoms with E-state index in [1.54, 1.807) is 24.5 Å². The van der Waals surface area contributed by atoms with E-state index in [0.717, 1.165) is 16.7 Å². The molecule has 1 amide bonds. The van der Waals surface area contributed by atoms with E-state index in [1.165, 1.54) is 28.6 Å². The van der Waals surface area contributed by atoms with Gasteiger partial charge in [-0.05, 0) is 63.5 Å². The van der Waals surface area contributed by atoms with Crippen LogP contribution in [0.4, 0.5) is 0 Å². The fraction of sp³-hybridized carbons (Fsp3) is 0.0909. The summed E-state index contributed by atoms with van der Waals surface area (Å²) in [6.07, 6.45) is 3.53. The standard InChI is InChI=1S/C22H18N6O3S/c29-20(24-12-15-3-1-4-17(11-15)18-5-2-10-23-13-18)14-32-22-25-26-27-28(22)19-8-6-16(7-9-19)21(30)31/h1-11,13H,12,14H2,(H,24,29)(H,30,31). The molecule has 0 aliphatic carbocycles. The Balaban J connectivity index is 1.34. The minimum absolute atomic E-state index is 0.135. The molecule has 0 aliphatic rings. The molecule has 4 aromatic rings. The highest BCUT2D eigenvalue weighted by Crippen LogP contribution is 2.20. The van der Waals surface area contributed by atoms with Gasteiger partial charge < -0.3 is 10.4 Å². The Morgan fingerprint density at radius 2 is 1.84 bits per heavy atom. The zero-order valence-electron chi connectivity index (χ0n) is 16.8. The van der Waals surface area contributed by atoms with Crippen molar-refractivity contribution in [2.24, 2.45) is 0 Å². The van der Waals surface area contributed by atoms with Gasteiger partial charge in [-0.15, -0.1) is 5.10 Å². The highest BCUT2D eigenvalue weighted by Gasteiger charge is 2.12. The van der Waals surface area contributed by atoms with Crippen molar-refractivity contribution in [3.8, 4) is 16.8 Å². The molecule has 0 bridgehead atoms. The van der Waals surface area contributed by atoms with Crippen molar-refractivity contribution in [1.82, 2.24) is 30.5 Å². The van der Waals surface area contributed by atoms with Gasteiger partial charge in [-0.3, -0.25) is 9.78 Å². The van der Waals surface area contributed by atoms with Crippen LogP contribution in [0.3, 0.4) is 0 Å². The number of amides is 1. The largest absolute Gasteiger partial charge is 0.478 e. The molecule has 0 aliphatic heterocycles. The monoisotopic (exact) mass is 446 g/mol. The first-order valence-corrected chi connectivity index (χ1v) is 10.6. The molecule has 0 atom stereocenters. The Morgan fingerprint density at radius 3 is 2.59 bits per heavy atom. The normalized spacial score (nSPS) is 10.6. The zero-order valence-corrected chi connectivity index (χ0v) is 17.6. The molecule has 0 saturated heterocycles. The fourth-order valence-electron chi connectivity index (χ4n) is 2.95. The maximum atomic E-state index is 12.3. The quantitative estimate of drug-likeness (QED) is 0.396. The molecule has 2 aromatic carbocycles. The van der Waals surface area contributed by atoms with E-state index in [1.807, 2.05) is 36.4 Å². The van der Waals surface area contributed by atoms with E-state index in [2.05, 4.69) is 25.8 Å². The molecule has 2 aromatic heterocycles. The van der Waals surface area contributed by atoms with Gasteiger partial charge in [0, 0.05) is 18.9 Å². The van der Waals surface area contributed by atoms with Crippen molar-refractivity contribution in [2.75, 3.05) is 5.75 Å². The third-order valence-electron chi connectivity index (χ3n) is 4.54. The van der Waals surface area contributed by atoms with Crippen molar-refractivity contribution < 1.29 is 14.7 Å². The van der Waals surface area contributed by atoms with Gasteiger partial charge in [-0.2, -0.15) is 4.68 Å². The summed E-state index contributed by atoms with van der Waals surface area (Å²) in [7, 11) is 0. The van der Waals surface area contributed by atoms with Gasteiger partial charge in [-0.25, -0.2) is 4.79 Å². The second-order valence-electron chi connectivity index (χ2n) is 6.73. The van der Waals surface area contributed by atoms with E-state index < -0.39 is 5.97 Å². The molecule has 4 rings (SSSR count). The summed E-state index contributed by atoms with van der Waals surface area (Å²) >= 11 is 1.19. The van der Waals surface area contributed by atoms with Crippen LogP contribution in [0.1, 0.15) is 15.9 Å². The Bertz CT molecular complexity index is 1230. The maximum absolute atomic E-state index is 12.3. The molecular formula is C22H18N6O3S. The van der Waals surface area contributed by atoms with Crippen LogP contribution in [0.2, 0.25) is 0 Å². The van der Waals surface area contributed by atoms with E-state index >= 15 is 0 Å². The Kier molecular flexibility index (Phi) is 6.52. The van der Waals surface area contributed by atoms with E-state index in [4.69, 9.17) is 5.11 Å². The van der Waals surface area contributed by atoms with Gasteiger partial charge in [0.25, 0.3) is 0 Å². The minimum atomic E-state index is -1.01. The summed E-state index contributed by atoms with van der Waals surface area (Å²) in [5, 5.41) is 23.9. The molecule has 0 spiro atoms. The van der Waals surface area contributed by atoms with Crippen LogP contribution in [0.15, 0.2) is 78.2 Å². The van der Waals surface area contributed by atoms with Crippen LogP contribution in [-0.4, -0.2) is 47.9 Å². The van der Waals surface area contributed by atoms with Crippen LogP contribution >= 0.6 is 11.8 Å². The van der Waals surface area contributed by atoms with E-state index in [-0.39, 0.29) is 17.2 Å². The summed E-state index contributed by atoms with van der Waals surface area (Å²) in [6.45, 7) is 0.398. The molecule has 2 N–H and O–H groups in total. The minimum Gasteiger partial charge on any atom is -0.478 e. The molecule has 9 nitrogen and oxygen atoms in total. The lowest BCUT2D eigenvalue weighted by Gasteiger charge is -2.08. The smallest absolute Gasteiger partial charge is 0.335 e. The lowest BCUT2D eigenvalue weighted by atomic mass is 10.0. The number of benzene rings is 2. The number of tetrazole rings is 1. The highest BCUT2D eigenvalue weighted by molar-refractivity contribution is 7.99. The third-order valence-corrected chi connectivity index (χ3v) is 5.46. The molecule has 0 unspecified atom stereocenters. The molecule has 0 saturated carbocycles. The third kappa shape index (κ3) is 5.16. The van der Waals surface area contributed by atoms with Crippen LogP contribution in [-0.2, 0) is 11.3 Å².